The van der Waals surface area contributed by atoms with E-state index < -0.39 is 0 Å². The molecule has 1 aliphatic rings. The average molecular weight is 386 g/mol. The molecule has 0 aliphatic heterocycles. The molecule has 4 heteroatoms. The molecule has 115 valence electrons. The van der Waals surface area contributed by atoms with Crippen molar-refractivity contribution >= 4 is 19.4 Å². The Morgan fingerprint density at radius 1 is 0.889 bits per heavy atom. The average Bonchev–Trinajstić information content (AvgIpc) is 2.48. The van der Waals surface area contributed by atoms with Gasteiger partial charge >= 0.3 is 34.5 Å². The quantitative estimate of drug-likeness (QED) is 0.405. The maximum absolute atomic E-state index is 5.54. The van der Waals surface area contributed by atoms with Gasteiger partial charge in [0.25, 0.3) is 0 Å². The molecule has 1 rings (SSSR count). The first-order valence-electron chi connectivity index (χ1n) is 6.54. The van der Waals surface area contributed by atoms with Gasteiger partial charge in [-0.25, -0.2) is 0 Å². The van der Waals surface area contributed by atoms with Crippen molar-refractivity contribution in [2.45, 2.75) is 47.0 Å². The summed E-state index contributed by atoms with van der Waals surface area (Å²) in [6.45, 7) is 10.6. The molecule has 4 atom stereocenters. The summed E-state index contributed by atoms with van der Waals surface area (Å²) in [5.41, 5.74) is 5.54. The van der Waals surface area contributed by atoms with E-state index in [4.69, 9.17) is 25.1 Å². The van der Waals surface area contributed by atoms with Gasteiger partial charge in [-0.2, -0.15) is 0 Å². The molecule has 0 aromatic rings. The van der Waals surface area contributed by atoms with Crippen molar-refractivity contribution in [3.63, 3.8) is 0 Å². The third-order valence-electron chi connectivity index (χ3n) is 4.83. The normalized spacial score (nSPS) is 34.7. The van der Waals surface area contributed by atoms with Crippen molar-refractivity contribution in [1.29, 1.82) is 0 Å². The van der Waals surface area contributed by atoms with E-state index in [1.807, 2.05) is 0 Å². The summed E-state index contributed by atoms with van der Waals surface area (Å²) in [6, 6.07) is 0. The number of unbranched alkanes of at least 4 members (excludes halogenated alkanes) is 1. The maximum atomic E-state index is 5.54. The fourth-order valence-corrected chi connectivity index (χ4v) is 3.27. The predicted molar refractivity (Wildman–Crippen MR) is 81.2 cm³/mol. The standard InChI is InChI=1S/C13H27N.CH3.2ClH.Rh/c1-9-10(2)12(4)13(11(9)3)7-5-6-8-14;;;;/h9-13H,5-8,14H2,1-4H3;1H3;2*1H;/q;-1;;;+2/p-2. The Hall–Kier alpha value is 1.16. The van der Waals surface area contributed by atoms with Crippen LogP contribution in [0.25, 0.3) is 0 Å². The third kappa shape index (κ3) is 6.55. The van der Waals surface area contributed by atoms with Crippen molar-refractivity contribution in [2.75, 3.05) is 6.54 Å². The van der Waals surface area contributed by atoms with Crippen LogP contribution < -0.4 is 5.73 Å². The number of halogens is 2. The zero-order valence-corrected chi connectivity index (χ0v) is 15.5. The number of hydrogen-bond donors (Lipinski definition) is 1. The van der Waals surface area contributed by atoms with E-state index in [0.29, 0.717) is 0 Å². The number of rotatable bonds is 4. The second kappa shape index (κ2) is 11.9. The van der Waals surface area contributed by atoms with Crippen LogP contribution >= 0.6 is 19.4 Å². The topological polar surface area (TPSA) is 26.0 Å². The van der Waals surface area contributed by atoms with Crippen LogP contribution in [0, 0.1) is 37.0 Å². The van der Waals surface area contributed by atoms with Crippen LogP contribution in [0.1, 0.15) is 47.0 Å². The minimum absolute atomic E-state index is 0. The van der Waals surface area contributed by atoms with Crippen LogP contribution in [-0.2, 0) is 15.1 Å². The first-order chi connectivity index (χ1) is 8.01. The monoisotopic (exact) mass is 385 g/mol. The van der Waals surface area contributed by atoms with Crippen molar-refractivity contribution in [3.8, 4) is 0 Å². The van der Waals surface area contributed by atoms with Crippen LogP contribution in [-0.4, -0.2) is 6.54 Å². The van der Waals surface area contributed by atoms with Gasteiger partial charge in [0.2, 0.25) is 0 Å². The molecule has 4 unspecified atom stereocenters. The Balaban J connectivity index is 0. The SMILES string of the molecule is CC1C(C)C(C)C(CCCCN)C1C.[CH3-].[Cl][Rh][Cl]. The van der Waals surface area contributed by atoms with Gasteiger partial charge in [0, 0.05) is 0 Å². The Kier molecular flexibility index (Phi) is 14.2. The zero-order chi connectivity index (χ0) is 13.4. The van der Waals surface area contributed by atoms with Crippen molar-refractivity contribution in [1.82, 2.24) is 0 Å². The van der Waals surface area contributed by atoms with E-state index in [9.17, 15) is 0 Å². The Labute approximate surface area is 130 Å². The summed E-state index contributed by atoms with van der Waals surface area (Å²) in [7, 11) is 9.67. The first kappa shape index (κ1) is 21.5. The molecule has 1 fully saturated rings. The molecule has 18 heavy (non-hydrogen) atoms. The Bertz CT molecular complexity index is 179. The Morgan fingerprint density at radius 3 is 1.61 bits per heavy atom. The van der Waals surface area contributed by atoms with Crippen LogP contribution in [0.5, 0.6) is 0 Å². The Morgan fingerprint density at radius 2 is 1.28 bits per heavy atom. The number of hydrogen-bond acceptors (Lipinski definition) is 1. The van der Waals surface area contributed by atoms with Gasteiger partial charge in [-0.3, -0.25) is 0 Å². The van der Waals surface area contributed by atoms with Crippen molar-refractivity contribution in [2.24, 2.45) is 35.3 Å². The van der Waals surface area contributed by atoms with Crippen LogP contribution in [0.3, 0.4) is 0 Å². The molecular weight excluding hydrogens is 356 g/mol. The number of nitrogens with two attached hydrogens (primary N) is 1. The molecule has 0 amide bonds. The molecule has 0 aromatic heterocycles. The van der Waals surface area contributed by atoms with Gasteiger partial charge in [-0.05, 0) is 49.0 Å². The summed E-state index contributed by atoms with van der Waals surface area (Å²) in [4.78, 5) is 0. The van der Waals surface area contributed by atoms with Gasteiger partial charge < -0.3 is 13.2 Å². The van der Waals surface area contributed by atoms with E-state index in [-0.39, 0.29) is 22.6 Å². The molecule has 0 radical (unpaired) electrons. The van der Waals surface area contributed by atoms with Gasteiger partial charge in [0.05, 0.1) is 0 Å². The molecule has 0 aromatic carbocycles. The second-order valence-corrected chi connectivity index (χ2v) is 7.92. The predicted octanol–water partition coefficient (Wildman–Crippen LogP) is 5.12. The van der Waals surface area contributed by atoms with Crippen molar-refractivity contribution < 1.29 is 15.1 Å². The van der Waals surface area contributed by atoms with Crippen molar-refractivity contribution in [3.05, 3.63) is 7.43 Å². The molecule has 0 saturated heterocycles. The molecular formula is C14H30Cl2NRh-. The summed E-state index contributed by atoms with van der Waals surface area (Å²) in [6.07, 6.45) is 3.93. The molecule has 1 nitrogen and oxygen atoms in total. The molecule has 0 heterocycles. The van der Waals surface area contributed by atoms with E-state index in [1.165, 1.54) is 19.3 Å². The van der Waals surface area contributed by atoms with Gasteiger partial charge in [-0.15, -0.1) is 0 Å². The minimum atomic E-state index is -0.226. The summed E-state index contributed by atoms with van der Waals surface area (Å²) in [5.74, 6) is 4.60. The molecule has 0 bridgehead atoms. The van der Waals surface area contributed by atoms with E-state index in [2.05, 4.69) is 27.7 Å². The molecule has 2 N–H and O–H groups in total. The van der Waals surface area contributed by atoms with Gasteiger partial charge in [-0.1, -0.05) is 34.1 Å². The fourth-order valence-electron chi connectivity index (χ4n) is 3.27. The third-order valence-corrected chi connectivity index (χ3v) is 4.83. The molecule has 1 saturated carbocycles. The second-order valence-electron chi connectivity index (χ2n) is 5.43. The fraction of sp³-hybridized carbons (Fsp3) is 0.929. The van der Waals surface area contributed by atoms with E-state index in [1.54, 1.807) is 0 Å². The van der Waals surface area contributed by atoms with Crippen LogP contribution in [0.15, 0.2) is 0 Å². The van der Waals surface area contributed by atoms with Crippen LogP contribution in [0.2, 0.25) is 0 Å². The van der Waals surface area contributed by atoms with E-state index in [0.717, 1.165) is 36.1 Å². The first-order valence-corrected chi connectivity index (χ1v) is 10.8. The van der Waals surface area contributed by atoms with E-state index >= 15 is 0 Å². The summed E-state index contributed by atoms with van der Waals surface area (Å²) in [5, 5.41) is 0. The summed E-state index contributed by atoms with van der Waals surface area (Å²) < 4.78 is 0. The van der Waals surface area contributed by atoms with Gasteiger partial charge in [0.15, 0.2) is 0 Å². The van der Waals surface area contributed by atoms with Crippen LogP contribution in [0.4, 0.5) is 0 Å². The zero-order valence-electron chi connectivity index (χ0n) is 12.4. The molecule has 1 aliphatic carbocycles. The summed E-state index contributed by atoms with van der Waals surface area (Å²) >= 11 is -0.226. The molecule has 0 spiro atoms. The van der Waals surface area contributed by atoms with Gasteiger partial charge in [0.1, 0.15) is 0 Å².